The number of aliphatic hydroxyl groups is 1. The Morgan fingerprint density at radius 3 is 2.59 bits per heavy atom. The summed E-state index contributed by atoms with van der Waals surface area (Å²) in [7, 11) is 0. The van der Waals surface area contributed by atoms with E-state index in [0.717, 1.165) is 27.8 Å². The van der Waals surface area contributed by atoms with E-state index in [2.05, 4.69) is 11.0 Å². The molecule has 0 atom stereocenters. The number of pyridine rings is 1. The summed E-state index contributed by atoms with van der Waals surface area (Å²) in [5.41, 5.74) is 2.75. The molecule has 1 saturated heterocycles. The summed E-state index contributed by atoms with van der Waals surface area (Å²) < 4.78 is 13.2. The third-order valence-electron chi connectivity index (χ3n) is 5.99. The normalized spacial score (nSPS) is 14.7. The largest absolute Gasteiger partial charge is 0.393 e. The summed E-state index contributed by atoms with van der Waals surface area (Å²) in [6, 6.07) is 14.1. The van der Waals surface area contributed by atoms with Crippen LogP contribution in [0.5, 0.6) is 0 Å². The van der Waals surface area contributed by atoms with Gasteiger partial charge in [-0.3, -0.25) is 4.79 Å². The van der Waals surface area contributed by atoms with E-state index in [4.69, 9.17) is 16.6 Å². The molecule has 2 aromatic carbocycles. The maximum Gasteiger partial charge on any atom is 0.219 e. The van der Waals surface area contributed by atoms with E-state index in [1.165, 1.54) is 12.1 Å². The number of carbonyl (C=O) groups excluding carboxylic acids is 1. The Morgan fingerprint density at radius 2 is 1.91 bits per heavy atom. The van der Waals surface area contributed by atoms with Crippen LogP contribution < -0.4 is 4.90 Å². The average molecular weight is 456 g/mol. The zero-order valence-corrected chi connectivity index (χ0v) is 18.9. The third kappa shape index (κ3) is 5.37. The molecule has 5 nitrogen and oxygen atoms in total. The van der Waals surface area contributed by atoms with E-state index in [1.54, 1.807) is 24.0 Å². The standard InChI is InChI=1S/C25H27ClFN3O2/c1-17(31)30(11-8-18-2-6-22(27)7-3-18)16-20-14-19-4-5-21(26)15-24(19)28-25(20)29-12-9-23(32)10-13-29/h2-7,14-15,23,32H,8-13,16H2,1H3. The van der Waals surface area contributed by atoms with Crippen molar-refractivity contribution < 1.29 is 14.3 Å². The number of amides is 1. The summed E-state index contributed by atoms with van der Waals surface area (Å²) in [6.45, 7) is 3.94. The number of aliphatic hydroxyl groups excluding tert-OH is 1. The first-order valence-corrected chi connectivity index (χ1v) is 11.3. The lowest BCUT2D eigenvalue weighted by Crippen LogP contribution is -2.38. The van der Waals surface area contributed by atoms with Gasteiger partial charge in [-0.05, 0) is 55.2 Å². The highest BCUT2D eigenvalue weighted by Gasteiger charge is 2.23. The van der Waals surface area contributed by atoms with E-state index in [-0.39, 0.29) is 17.8 Å². The fraction of sp³-hybridized carbons (Fsp3) is 0.360. The van der Waals surface area contributed by atoms with Gasteiger partial charge in [0.15, 0.2) is 0 Å². The van der Waals surface area contributed by atoms with E-state index in [1.807, 2.05) is 18.2 Å². The minimum atomic E-state index is -0.283. The number of piperidine rings is 1. The van der Waals surface area contributed by atoms with E-state index >= 15 is 0 Å². The van der Waals surface area contributed by atoms with E-state index in [0.29, 0.717) is 50.5 Å². The predicted molar refractivity (Wildman–Crippen MR) is 125 cm³/mol. The zero-order chi connectivity index (χ0) is 22.7. The highest BCUT2D eigenvalue weighted by Crippen LogP contribution is 2.29. The van der Waals surface area contributed by atoms with Gasteiger partial charge in [-0.2, -0.15) is 0 Å². The fourth-order valence-electron chi connectivity index (χ4n) is 4.11. The molecule has 2 heterocycles. The number of carbonyl (C=O) groups is 1. The molecule has 1 fully saturated rings. The van der Waals surface area contributed by atoms with Gasteiger partial charge in [0.2, 0.25) is 5.91 Å². The van der Waals surface area contributed by atoms with Crippen molar-refractivity contribution in [1.82, 2.24) is 9.88 Å². The molecule has 0 radical (unpaired) electrons. The van der Waals surface area contributed by atoms with Crippen LogP contribution in [0.4, 0.5) is 10.2 Å². The molecule has 1 N–H and O–H groups in total. The van der Waals surface area contributed by atoms with Crippen molar-refractivity contribution in [3.63, 3.8) is 0 Å². The molecule has 0 unspecified atom stereocenters. The van der Waals surface area contributed by atoms with Crippen molar-refractivity contribution in [2.24, 2.45) is 0 Å². The van der Waals surface area contributed by atoms with Gasteiger partial charge in [0, 0.05) is 49.1 Å². The van der Waals surface area contributed by atoms with Gasteiger partial charge in [0.25, 0.3) is 0 Å². The number of anilines is 1. The van der Waals surface area contributed by atoms with Crippen LogP contribution in [-0.4, -0.2) is 46.6 Å². The molecule has 1 aliphatic rings. The molecule has 0 bridgehead atoms. The molecule has 0 saturated carbocycles. The number of nitrogens with zero attached hydrogens (tertiary/aromatic N) is 3. The lowest BCUT2D eigenvalue weighted by Gasteiger charge is -2.33. The Morgan fingerprint density at radius 1 is 1.19 bits per heavy atom. The molecular formula is C25H27ClFN3O2. The van der Waals surface area contributed by atoms with Gasteiger partial charge in [0.05, 0.1) is 11.6 Å². The minimum absolute atomic E-state index is 0.0247. The summed E-state index contributed by atoms with van der Waals surface area (Å²) >= 11 is 6.19. The van der Waals surface area contributed by atoms with Gasteiger partial charge < -0.3 is 14.9 Å². The van der Waals surface area contributed by atoms with Crippen LogP contribution in [0, 0.1) is 5.82 Å². The van der Waals surface area contributed by atoms with E-state index in [9.17, 15) is 14.3 Å². The smallest absolute Gasteiger partial charge is 0.219 e. The fourth-order valence-corrected chi connectivity index (χ4v) is 4.28. The maximum absolute atomic E-state index is 13.2. The molecular weight excluding hydrogens is 429 g/mol. The Balaban J connectivity index is 1.62. The van der Waals surface area contributed by atoms with Crippen molar-refractivity contribution in [3.8, 4) is 0 Å². The molecule has 1 aromatic heterocycles. The van der Waals surface area contributed by atoms with Gasteiger partial charge in [0.1, 0.15) is 11.6 Å². The second-order valence-corrected chi connectivity index (χ2v) is 8.78. The molecule has 168 valence electrons. The topological polar surface area (TPSA) is 56.7 Å². The highest BCUT2D eigenvalue weighted by atomic mass is 35.5. The molecule has 4 rings (SSSR count). The van der Waals surface area contributed by atoms with Gasteiger partial charge in [-0.15, -0.1) is 0 Å². The second kappa shape index (κ2) is 9.84. The van der Waals surface area contributed by atoms with Gasteiger partial charge >= 0.3 is 0 Å². The number of fused-ring (bicyclic) bond motifs is 1. The summed E-state index contributed by atoms with van der Waals surface area (Å²) in [5, 5.41) is 11.5. The summed E-state index contributed by atoms with van der Waals surface area (Å²) in [5.74, 6) is 0.541. The Kier molecular flexibility index (Phi) is 6.92. The SMILES string of the molecule is CC(=O)N(CCc1ccc(F)cc1)Cc1cc2ccc(Cl)cc2nc1N1CCC(O)CC1. The van der Waals surface area contributed by atoms with Crippen molar-refractivity contribution in [2.75, 3.05) is 24.5 Å². The number of aromatic nitrogens is 1. The first kappa shape index (κ1) is 22.5. The molecule has 1 amide bonds. The molecule has 3 aromatic rings. The van der Waals surface area contributed by atoms with Crippen LogP contribution in [-0.2, 0) is 17.8 Å². The quantitative estimate of drug-likeness (QED) is 0.591. The van der Waals surface area contributed by atoms with Crippen LogP contribution in [0.25, 0.3) is 10.9 Å². The lowest BCUT2D eigenvalue weighted by molar-refractivity contribution is -0.129. The third-order valence-corrected chi connectivity index (χ3v) is 6.23. The van der Waals surface area contributed by atoms with Crippen LogP contribution in [0.1, 0.15) is 30.9 Å². The number of hydrogen-bond acceptors (Lipinski definition) is 4. The van der Waals surface area contributed by atoms with Crippen molar-refractivity contribution in [2.45, 2.75) is 38.8 Å². The van der Waals surface area contributed by atoms with Crippen LogP contribution in [0.15, 0.2) is 48.5 Å². The molecule has 0 aliphatic carbocycles. The molecule has 1 aliphatic heterocycles. The number of hydrogen-bond donors (Lipinski definition) is 1. The summed E-state index contributed by atoms with van der Waals surface area (Å²) in [4.78, 5) is 21.3. The Bertz CT molecular complexity index is 1100. The maximum atomic E-state index is 13.2. The number of benzene rings is 2. The zero-order valence-electron chi connectivity index (χ0n) is 18.1. The molecule has 32 heavy (non-hydrogen) atoms. The van der Waals surface area contributed by atoms with Crippen LogP contribution in [0.2, 0.25) is 5.02 Å². The monoisotopic (exact) mass is 455 g/mol. The minimum Gasteiger partial charge on any atom is -0.393 e. The Labute approximate surface area is 192 Å². The van der Waals surface area contributed by atoms with Gasteiger partial charge in [-0.1, -0.05) is 29.8 Å². The number of halogens is 2. The van der Waals surface area contributed by atoms with Crippen LogP contribution >= 0.6 is 11.6 Å². The Hall–Kier alpha value is -2.70. The second-order valence-electron chi connectivity index (χ2n) is 8.34. The number of rotatable bonds is 6. The average Bonchev–Trinajstić information content (AvgIpc) is 2.77. The first-order valence-electron chi connectivity index (χ1n) is 10.9. The first-order chi connectivity index (χ1) is 15.4. The predicted octanol–water partition coefficient (Wildman–Crippen LogP) is 4.58. The summed E-state index contributed by atoms with van der Waals surface area (Å²) in [6.07, 6.45) is 1.74. The molecule has 7 heteroatoms. The van der Waals surface area contributed by atoms with Crippen LogP contribution in [0.3, 0.4) is 0 Å². The highest BCUT2D eigenvalue weighted by molar-refractivity contribution is 6.31. The molecule has 0 spiro atoms. The van der Waals surface area contributed by atoms with Crippen molar-refractivity contribution in [3.05, 3.63) is 70.5 Å². The van der Waals surface area contributed by atoms with Crippen molar-refractivity contribution in [1.29, 1.82) is 0 Å². The van der Waals surface area contributed by atoms with Gasteiger partial charge in [-0.25, -0.2) is 9.37 Å². The van der Waals surface area contributed by atoms with E-state index < -0.39 is 0 Å². The lowest BCUT2D eigenvalue weighted by atomic mass is 10.1. The van der Waals surface area contributed by atoms with Crippen molar-refractivity contribution >= 4 is 34.2 Å².